The molecular weight excluding hydrogens is 452 g/mol. The molecule has 3 heterocycles. The van der Waals surface area contributed by atoms with Crippen LogP contribution >= 0.6 is 0 Å². The number of rotatable bonds is 6. The third-order valence-corrected chi connectivity index (χ3v) is 8.63. The number of piperazine rings is 1. The lowest BCUT2D eigenvalue weighted by atomic mass is 10.1. The average molecular weight is 483 g/mol. The van der Waals surface area contributed by atoms with Crippen LogP contribution in [0, 0.1) is 0 Å². The molecular formula is C24H30N6O3S. The second-order valence-electron chi connectivity index (χ2n) is 8.88. The molecule has 0 saturated carbocycles. The number of para-hydroxylation sites is 1. The fraction of sp³-hybridized carbons (Fsp3) is 0.458. The molecule has 3 aromatic rings. The number of carbonyl (C=O) groups excluding carboxylic acids is 1. The molecule has 0 spiro atoms. The highest BCUT2D eigenvalue weighted by atomic mass is 32.2. The van der Waals surface area contributed by atoms with Crippen molar-refractivity contribution < 1.29 is 13.2 Å². The molecule has 0 N–H and O–H groups in total. The van der Waals surface area contributed by atoms with E-state index in [1.807, 2.05) is 23.1 Å². The molecule has 0 bridgehead atoms. The molecule has 2 aromatic carbocycles. The minimum atomic E-state index is -3.82. The van der Waals surface area contributed by atoms with E-state index in [0.29, 0.717) is 38.0 Å². The van der Waals surface area contributed by atoms with Gasteiger partial charge >= 0.3 is 0 Å². The molecule has 0 aliphatic carbocycles. The van der Waals surface area contributed by atoms with E-state index in [1.165, 1.54) is 4.31 Å². The van der Waals surface area contributed by atoms with Crippen LogP contribution in [0.3, 0.4) is 0 Å². The molecule has 34 heavy (non-hydrogen) atoms. The van der Waals surface area contributed by atoms with E-state index < -0.39 is 16.1 Å². The highest BCUT2D eigenvalue weighted by molar-refractivity contribution is 7.89. The zero-order chi connectivity index (χ0) is 23.7. The fourth-order valence-corrected chi connectivity index (χ4v) is 6.61. The molecule has 2 aliphatic rings. The van der Waals surface area contributed by atoms with Crippen molar-refractivity contribution in [3.05, 3.63) is 48.5 Å². The summed E-state index contributed by atoms with van der Waals surface area (Å²) in [6.45, 7) is 5.78. The van der Waals surface area contributed by atoms with Gasteiger partial charge in [-0.2, -0.15) is 4.31 Å². The first-order valence-corrected chi connectivity index (χ1v) is 13.4. The standard InChI is InChI=1S/C24H30N6O3S/c1-2-12-29-22-11-10-20(18-21(22)25-26-29)34(32,33)30-13-6-9-23(30)24(31)28-16-14-27(15-17-28)19-7-4-3-5-8-19/h3-5,7-8,10-11,18,23H,2,6,9,12-17H2,1H3/t23-/m0/s1. The predicted octanol–water partition coefficient (Wildman–Crippen LogP) is 2.34. The van der Waals surface area contributed by atoms with Gasteiger partial charge in [0.15, 0.2) is 0 Å². The maximum atomic E-state index is 13.5. The summed E-state index contributed by atoms with van der Waals surface area (Å²) in [6.07, 6.45) is 2.14. The zero-order valence-electron chi connectivity index (χ0n) is 19.4. The van der Waals surface area contributed by atoms with Gasteiger partial charge in [0.1, 0.15) is 11.6 Å². The number of carbonyl (C=O) groups is 1. The topological polar surface area (TPSA) is 91.6 Å². The smallest absolute Gasteiger partial charge is 0.243 e. The molecule has 0 radical (unpaired) electrons. The monoisotopic (exact) mass is 482 g/mol. The Kier molecular flexibility index (Phi) is 6.26. The van der Waals surface area contributed by atoms with Gasteiger partial charge in [-0.25, -0.2) is 13.1 Å². The van der Waals surface area contributed by atoms with Crippen LogP contribution in [0.1, 0.15) is 26.2 Å². The van der Waals surface area contributed by atoms with Crippen molar-refractivity contribution in [2.45, 2.75) is 43.7 Å². The van der Waals surface area contributed by atoms with Crippen LogP contribution in [0.15, 0.2) is 53.4 Å². The Hall–Kier alpha value is -2.98. The van der Waals surface area contributed by atoms with Gasteiger partial charge in [0.25, 0.3) is 0 Å². The minimum Gasteiger partial charge on any atom is -0.368 e. The van der Waals surface area contributed by atoms with Crippen molar-refractivity contribution >= 4 is 32.7 Å². The SMILES string of the molecule is CCCn1nnc2cc(S(=O)(=O)N3CCC[C@H]3C(=O)N3CCN(c4ccccc4)CC3)ccc21. The van der Waals surface area contributed by atoms with Crippen molar-refractivity contribution in [2.24, 2.45) is 0 Å². The highest BCUT2D eigenvalue weighted by Crippen LogP contribution is 2.29. The van der Waals surface area contributed by atoms with Gasteiger partial charge in [0.05, 0.1) is 10.4 Å². The number of aryl methyl sites for hydroxylation is 1. The average Bonchev–Trinajstić information content (AvgIpc) is 3.52. The summed E-state index contributed by atoms with van der Waals surface area (Å²) >= 11 is 0. The van der Waals surface area contributed by atoms with E-state index in [1.54, 1.807) is 22.9 Å². The van der Waals surface area contributed by atoms with Gasteiger partial charge < -0.3 is 9.80 Å². The van der Waals surface area contributed by atoms with Gasteiger partial charge in [0.2, 0.25) is 15.9 Å². The van der Waals surface area contributed by atoms with Crippen LogP contribution in [0.5, 0.6) is 0 Å². The lowest BCUT2D eigenvalue weighted by molar-refractivity contribution is -0.134. The number of anilines is 1. The van der Waals surface area contributed by atoms with Crippen LogP contribution in [-0.4, -0.2) is 77.3 Å². The quantitative estimate of drug-likeness (QED) is 0.536. The zero-order valence-corrected chi connectivity index (χ0v) is 20.2. The van der Waals surface area contributed by atoms with E-state index in [0.717, 1.165) is 37.3 Å². The molecule has 9 nitrogen and oxygen atoms in total. The lowest BCUT2D eigenvalue weighted by Crippen LogP contribution is -2.54. The molecule has 2 aliphatic heterocycles. The number of hydrogen-bond donors (Lipinski definition) is 0. The summed E-state index contributed by atoms with van der Waals surface area (Å²) in [7, 11) is -3.82. The van der Waals surface area contributed by atoms with Crippen LogP contribution in [0.4, 0.5) is 5.69 Å². The third-order valence-electron chi connectivity index (χ3n) is 6.73. The fourth-order valence-electron chi connectivity index (χ4n) is 4.93. The summed E-state index contributed by atoms with van der Waals surface area (Å²) < 4.78 is 30.2. The van der Waals surface area contributed by atoms with E-state index in [2.05, 4.69) is 34.3 Å². The van der Waals surface area contributed by atoms with Crippen molar-refractivity contribution in [2.75, 3.05) is 37.6 Å². The van der Waals surface area contributed by atoms with Crippen molar-refractivity contribution in [3.63, 3.8) is 0 Å². The first-order valence-electron chi connectivity index (χ1n) is 11.9. The minimum absolute atomic E-state index is 0.0937. The number of benzene rings is 2. The maximum Gasteiger partial charge on any atom is 0.243 e. The molecule has 0 unspecified atom stereocenters. The van der Waals surface area contributed by atoms with Crippen LogP contribution in [-0.2, 0) is 21.4 Å². The third kappa shape index (κ3) is 4.16. The van der Waals surface area contributed by atoms with Gasteiger partial charge in [-0.15, -0.1) is 5.10 Å². The summed E-state index contributed by atoms with van der Waals surface area (Å²) in [5.41, 5.74) is 2.51. The number of fused-ring (bicyclic) bond motifs is 1. The molecule has 10 heteroatoms. The predicted molar refractivity (Wildman–Crippen MR) is 130 cm³/mol. The Bertz CT molecular complexity index is 1270. The molecule has 5 rings (SSSR count). The van der Waals surface area contributed by atoms with E-state index >= 15 is 0 Å². The summed E-state index contributed by atoms with van der Waals surface area (Å²) in [5, 5.41) is 8.28. The van der Waals surface area contributed by atoms with E-state index in [-0.39, 0.29) is 10.8 Å². The van der Waals surface area contributed by atoms with Gasteiger partial charge in [-0.05, 0) is 49.6 Å². The summed E-state index contributed by atoms with van der Waals surface area (Å²) in [4.78, 5) is 17.6. The van der Waals surface area contributed by atoms with Crippen molar-refractivity contribution in [1.29, 1.82) is 0 Å². The van der Waals surface area contributed by atoms with E-state index in [4.69, 9.17) is 0 Å². The lowest BCUT2D eigenvalue weighted by Gasteiger charge is -2.38. The van der Waals surface area contributed by atoms with E-state index in [9.17, 15) is 13.2 Å². The van der Waals surface area contributed by atoms with Gasteiger partial charge in [-0.1, -0.05) is 30.3 Å². The molecule has 1 amide bonds. The second kappa shape index (κ2) is 9.34. The number of sulfonamides is 1. The molecule has 2 saturated heterocycles. The first kappa shape index (κ1) is 22.8. The number of nitrogens with zero attached hydrogens (tertiary/aromatic N) is 6. The van der Waals surface area contributed by atoms with Crippen LogP contribution < -0.4 is 4.90 Å². The summed E-state index contributed by atoms with van der Waals surface area (Å²) in [6, 6.07) is 14.4. The first-order chi connectivity index (χ1) is 16.5. The van der Waals surface area contributed by atoms with Crippen molar-refractivity contribution in [1.82, 2.24) is 24.2 Å². The number of amides is 1. The number of hydrogen-bond acceptors (Lipinski definition) is 6. The Morgan fingerprint density at radius 2 is 1.79 bits per heavy atom. The Balaban J connectivity index is 1.31. The molecule has 1 atom stereocenters. The molecule has 2 fully saturated rings. The molecule has 1 aromatic heterocycles. The maximum absolute atomic E-state index is 13.5. The normalized spacial score (nSPS) is 19.7. The largest absolute Gasteiger partial charge is 0.368 e. The Labute approximate surface area is 200 Å². The van der Waals surface area contributed by atoms with Crippen LogP contribution in [0.25, 0.3) is 11.0 Å². The van der Waals surface area contributed by atoms with Gasteiger partial charge in [0, 0.05) is 45.0 Å². The Morgan fingerprint density at radius 1 is 1.03 bits per heavy atom. The van der Waals surface area contributed by atoms with Crippen LogP contribution in [0.2, 0.25) is 0 Å². The Morgan fingerprint density at radius 3 is 2.53 bits per heavy atom. The highest BCUT2D eigenvalue weighted by Gasteiger charge is 2.41. The molecule has 180 valence electrons. The number of aromatic nitrogens is 3. The van der Waals surface area contributed by atoms with Gasteiger partial charge in [-0.3, -0.25) is 4.79 Å². The summed E-state index contributed by atoms with van der Waals surface area (Å²) in [5.74, 6) is -0.0937. The second-order valence-corrected chi connectivity index (χ2v) is 10.8. The van der Waals surface area contributed by atoms with Crippen molar-refractivity contribution in [3.8, 4) is 0 Å².